The van der Waals surface area contributed by atoms with Crippen LogP contribution in [0.25, 0.3) is 0 Å². The number of nitrogens with one attached hydrogen (secondary N) is 1. The summed E-state index contributed by atoms with van der Waals surface area (Å²) in [5.74, 6) is -0.246. The average molecular weight is 229 g/mol. The molecule has 3 rings (SSSR count). The molecule has 1 amide bonds. The number of fused-ring (bicyclic) bond motifs is 3. The molecule has 2 aliphatic rings. The van der Waals surface area contributed by atoms with E-state index in [1.165, 1.54) is 13.1 Å². The molecule has 5 heteroatoms. The molecule has 17 heavy (non-hydrogen) atoms. The van der Waals surface area contributed by atoms with Gasteiger partial charge in [0.05, 0.1) is 16.9 Å². The summed E-state index contributed by atoms with van der Waals surface area (Å²) in [7, 11) is 0. The lowest BCUT2D eigenvalue weighted by Crippen LogP contribution is -2.43. The molecule has 0 saturated carbocycles. The van der Waals surface area contributed by atoms with Gasteiger partial charge in [-0.25, -0.2) is 4.99 Å². The Morgan fingerprint density at radius 1 is 1.47 bits per heavy atom. The van der Waals surface area contributed by atoms with E-state index < -0.39 is 6.29 Å². The zero-order valence-electron chi connectivity index (χ0n) is 9.21. The number of benzene rings is 1. The number of rotatable bonds is 0. The van der Waals surface area contributed by atoms with Crippen LogP contribution in [0.4, 0.5) is 11.4 Å². The van der Waals surface area contributed by atoms with Crippen molar-refractivity contribution in [3.05, 3.63) is 35.6 Å². The van der Waals surface area contributed by atoms with Crippen LogP contribution in [-0.4, -0.2) is 23.5 Å². The maximum Gasteiger partial charge on any atom is 0.266 e. The van der Waals surface area contributed by atoms with Crippen LogP contribution in [0.5, 0.6) is 0 Å². The zero-order chi connectivity index (χ0) is 12.0. The van der Waals surface area contributed by atoms with E-state index in [0.29, 0.717) is 0 Å². The van der Waals surface area contributed by atoms with Crippen molar-refractivity contribution in [2.45, 2.75) is 13.2 Å². The van der Waals surface area contributed by atoms with Crippen LogP contribution in [0, 0.1) is 0 Å². The summed E-state index contributed by atoms with van der Waals surface area (Å²) < 4.78 is 0. The van der Waals surface area contributed by atoms with Gasteiger partial charge in [0, 0.05) is 6.21 Å². The number of carbonyl (C=O) groups excluding carboxylic acids is 1. The van der Waals surface area contributed by atoms with Gasteiger partial charge in [-0.2, -0.15) is 0 Å². The van der Waals surface area contributed by atoms with E-state index >= 15 is 0 Å². The lowest BCUT2D eigenvalue weighted by atomic mass is 10.2. The molecule has 0 saturated heterocycles. The van der Waals surface area contributed by atoms with Gasteiger partial charge in [0.2, 0.25) is 6.29 Å². The quantitative estimate of drug-likeness (QED) is 0.525. The molecular weight excluding hydrogens is 218 g/mol. The number of aliphatic imine (C=N–C) groups is 1. The molecule has 5 nitrogen and oxygen atoms in total. The molecule has 0 spiro atoms. The standard InChI is InChI=1S/C12H11N3O2/c1-7(16)8-6-13-12-14-9-4-2-3-5-10(9)15(12)11(8)17/h2-6,12,14,16H,1H3/b8-7-. The van der Waals surface area contributed by atoms with Crippen molar-refractivity contribution in [3.63, 3.8) is 0 Å². The van der Waals surface area contributed by atoms with Crippen LogP contribution >= 0.6 is 0 Å². The molecule has 1 atom stereocenters. The van der Waals surface area contributed by atoms with E-state index in [9.17, 15) is 9.90 Å². The minimum atomic E-state index is -0.400. The zero-order valence-corrected chi connectivity index (χ0v) is 9.21. The highest BCUT2D eigenvalue weighted by Crippen LogP contribution is 2.36. The van der Waals surface area contributed by atoms with Crippen LogP contribution in [-0.2, 0) is 4.79 Å². The van der Waals surface area contributed by atoms with Crippen molar-refractivity contribution < 1.29 is 9.90 Å². The fraction of sp³-hybridized carbons (Fsp3) is 0.167. The van der Waals surface area contributed by atoms with E-state index in [1.807, 2.05) is 24.3 Å². The first kappa shape index (κ1) is 9.89. The third-order valence-corrected chi connectivity index (χ3v) is 2.88. The Kier molecular flexibility index (Phi) is 1.95. The minimum Gasteiger partial charge on any atom is -0.512 e. The van der Waals surface area contributed by atoms with E-state index in [-0.39, 0.29) is 17.2 Å². The fourth-order valence-electron chi connectivity index (χ4n) is 2.04. The van der Waals surface area contributed by atoms with Crippen molar-refractivity contribution >= 4 is 23.5 Å². The Morgan fingerprint density at radius 3 is 3.00 bits per heavy atom. The molecule has 0 radical (unpaired) electrons. The first-order valence-electron chi connectivity index (χ1n) is 5.30. The number of carbonyl (C=O) groups is 1. The molecule has 1 unspecified atom stereocenters. The molecule has 0 aliphatic carbocycles. The van der Waals surface area contributed by atoms with Gasteiger partial charge in [0.25, 0.3) is 5.91 Å². The lowest BCUT2D eigenvalue weighted by molar-refractivity contribution is -0.115. The third-order valence-electron chi connectivity index (χ3n) is 2.88. The molecule has 2 N–H and O–H groups in total. The van der Waals surface area contributed by atoms with Gasteiger partial charge in [0.1, 0.15) is 5.76 Å². The minimum absolute atomic E-state index is 0.0124. The smallest absolute Gasteiger partial charge is 0.266 e. The van der Waals surface area contributed by atoms with Gasteiger partial charge < -0.3 is 10.4 Å². The summed E-state index contributed by atoms with van der Waals surface area (Å²) in [6, 6.07) is 7.51. The molecular formula is C12H11N3O2. The number of para-hydroxylation sites is 2. The Morgan fingerprint density at radius 2 is 2.24 bits per heavy atom. The van der Waals surface area contributed by atoms with E-state index in [2.05, 4.69) is 10.3 Å². The fourth-order valence-corrected chi connectivity index (χ4v) is 2.04. The summed E-state index contributed by atoms with van der Waals surface area (Å²) in [5, 5.41) is 12.6. The summed E-state index contributed by atoms with van der Waals surface area (Å²) in [5.41, 5.74) is 1.90. The van der Waals surface area contributed by atoms with Gasteiger partial charge in [-0.1, -0.05) is 12.1 Å². The largest absolute Gasteiger partial charge is 0.512 e. The highest BCUT2D eigenvalue weighted by atomic mass is 16.3. The number of nitrogens with zero attached hydrogens (tertiary/aromatic N) is 2. The first-order chi connectivity index (χ1) is 8.18. The Hall–Kier alpha value is -2.30. The summed E-state index contributed by atoms with van der Waals surface area (Å²) >= 11 is 0. The van der Waals surface area contributed by atoms with Gasteiger partial charge in [-0.3, -0.25) is 9.69 Å². The summed E-state index contributed by atoms with van der Waals surface area (Å²) in [6.45, 7) is 1.48. The normalized spacial score (nSPS) is 24.2. The second-order valence-corrected chi connectivity index (χ2v) is 3.99. The molecule has 0 fully saturated rings. The predicted octanol–water partition coefficient (Wildman–Crippen LogP) is 1.65. The molecule has 1 aromatic carbocycles. The van der Waals surface area contributed by atoms with Crippen molar-refractivity contribution in [2.75, 3.05) is 10.2 Å². The highest BCUT2D eigenvalue weighted by Gasteiger charge is 2.37. The molecule has 2 aliphatic heterocycles. The Labute approximate surface area is 98.1 Å². The van der Waals surface area contributed by atoms with Gasteiger partial charge in [-0.05, 0) is 19.1 Å². The summed E-state index contributed by atoms with van der Waals surface area (Å²) in [4.78, 5) is 17.9. The number of amides is 1. The van der Waals surface area contributed by atoms with E-state index in [4.69, 9.17) is 0 Å². The van der Waals surface area contributed by atoms with Crippen molar-refractivity contribution in [1.82, 2.24) is 0 Å². The topological polar surface area (TPSA) is 64.9 Å². The van der Waals surface area contributed by atoms with Gasteiger partial charge in [0.15, 0.2) is 0 Å². The first-order valence-corrected chi connectivity index (χ1v) is 5.30. The predicted molar refractivity (Wildman–Crippen MR) is 65.2 cm³/mol. The average Bonchev–Trinajstić information content (AvgIpc) is 2.67. The second-order valence-electron chi connectivity index (χ2n) is 3.99. The molecule has 0 bridgehead atoms. The Balaban J connectivity index is 2.13. The monoisotopic (exact) mass is 229 g/mol. The van der Waals surface area contributed by atoms with Crippen LogP contribution < -0.4 is 10.2 Å². The maximum absolute atomic E-state index is 12.2. The van der Waals surface area contributed by atoms with Crippen LogP contribution in [0.3, 0.4) is 0 Å². The number of aliphatic hydroxyl groups is 1. The number of allylic oxidation sites excluding steroid dienone is 1. The molecule has 0 aromatic heterocycles. The van der Waals surface area contributed by atoms with Crippen LogP contribution in [0.1, 0.15) is 6.92 Å². The van der Waals surface area contributed by atoms with Crippen LogP contribution in [0.15, 0.2) is 40.6 Å². The molecule has 2 heterocycles. The van der Waals surface area contributed by atoms with Gasteiger partial charge >= 0.3 is 0 Å². The second kappa shape index (κ2) is 3.35. The number of aliphatic hydroxyl groups excluding tert-OH is 1. The SMILES string of the molecule is C/C(O)=C1\C=NC2Nc3ccccc3N2C1=O. The van der Waals surface area contributed by atoms with Crippen molar-refractivity contribution in [2.24, 2.45) is 4.99 Å². The molecule has 86 valence electrons. The van der Waals surface area contributed by atoms with Crippen molar-refractivity contribution in [3.8, 4) is 0 Å². The van der Waals surface area contributed by atoms with Crippen molar-refractivity contribution in [1.29, 1.82) is 0 Å². The number of hydrogen-bond donors (Lipinski definition) is 2. The van der Waals surface area contributed by atoms with E-state index in [0.717, 1.165) is 11.4 Å². The third kappa shape index (κ3) is 1.32. The lowest BCUT2D eigenvalue weighted by Gasteiger charge is -2.25. The van der Waals surface area contributed by atoms with E-state index in [1.54, 1.807) is 4.90 Å². The highest BCUT2D eigenvalue weighted by molar-refractivity contribution is 6.22. The number of anilines is 2. The maximum atomic E-state index is 12.2. The Bertz CT molecular complexity index is 559. The van der Waals surface area contributed by atoms with Crippen LogP contribution in [0.2, 0.25) is 0 Å². The van der Waals surface area contributed by atoms with Gasteiger partial charge in [-0.15, -0.1) is 0 Å². The summed E-state index contributed by atoms with van der Waals surface area (Å²) in [6.07, 6.45) is 1.01. The molecule has 1 aromatic rings. The number of hydrogen-bond acceptors (Lipinski definition) is 4.